The van der Waals surface area contributed by atoms with Crippen molar-refractivity contribution in [1.29, 1.82) is 0 Å². The van der Waals surface area contributed by atoms with Gasteiger partial charge in [-0.05, 0) is 18.2 Å². The summed E-state index contributed by atoms with van der Waals surface area (Å²) in [6.45, 7) is 0. The van der Waals surface area contributed by atoms with E-state index in [4.69, 9.17) is 0 Å². The average Bonchev–Trinajstić information content (AvgIpc) is 2.79. The molecule has 6 heteroatoms. The van der Waals surface area contributed by atoms with Gasteiger partial charge < -0.3 is 4.57 Å². The van der Waals surface area contributed by atoms with Gasteiger partial charge in [0.15, 0.2) is 23.2 Å². The standard InChI is InChI=1S/C13H10F2N2O2/c1-17-5-4-16-13(17)12(19)7-11(18)8-2-3-9(14)10(15)6-8/h2-6H,7H2,1H3. The summed E-state index contributed by atoms with van der Waals surface area (Å²) in [6, 6.07) is 2.78. The molecule has 0 aliphatic carbocycles. The summed E-state index contributed by atoms with van der Waals surface area (Å²) >= 11 is 0. The lowest BCUT2D eigenvalue weighted by Gasteiger charge is -2.02. The van der Waals surface area contributed by atoms with E-state index in [1.165, 1.54) is 10.8 Å². The monoisotopic (exact) mass is 264 g/mol. The predicted octanol–water partition coefficient (Wildman–Crippen LogP) is 2.15. The normalized spacial score (nSPS) is 10.5. The first-order valence-electron chi connectivity index (χ1n) is 5.48. The van der Waals surface area contributed by atoms with Gasteiger partial charge in [-0.15, -0.1) is 0 Å². The molecule has 0 N–H and O–H groups in total. The van der Waals surface area contributed by atoms with Crippen LogP contribution >= 0.6 is 0 Å². The molecule has 4 nitrogen and oxygen atoms in total. The predicted molar refractivity (Wildman–Crippen MR) is 62.8 cm³/mol. The molecule has 0 radical (unpaired) electrons. The molecule has 1 aromatic carbocycles. The van der Waals surface area contributed by atoms with Crippen LogP contribution in [0.25, 0.3) is 0 Å². The second-order valence-electron chi connectivity index (χ2n) is 4.01. The third kappa shape index (κ3) is 2.73. The van der Waals surface area contributed by atoms with Crippen molar-refractivity contribution in [2.24, 2.45) is 7.05 Å². The smallest absolute Gasteiger partial charge is 0.205 e. The van der Waals surface area contributed by atoms with Gasteiger partial charge in [0, 0.05) is 25.0 Å². The van der Waals surface area contributed by atoms with Crippen molar-refractivity contribution in [3.8, 4) is 0 Å². The summed E-state index contributed by atoms with van der Waals surface area (Å²) in [4.78, 5) is 27.4. The van der Waals surface area contributed by atoms with Crippen LogP contribution in [0.3, 0.4) is 0 Å². The first-order chi connectivity index (χ1) is 8.99. The van der Waals surface area contributed by atoms with E-state index in [0.717, 1.165) is 18.2 Å². The van der Waals surface area contributed by atoms with Crippen LogP contribution in [0.5, 0.6) is 0 Å². The highest BCUT2D eigenvalue weighted by molar-refractivity contribution is 6.12. The summed E-state index contributed by atoms with van der Waals surface area (Å²) in [7, 11) is 1.63. The van der Waals surface area contributed by atoms with Crippen molar-refractivity contribution in [3.63, 3.8) is 0 Å². The molecule has 0 fully saturated rings. The van der Waals surface area contributed by atoms with Crippen LogP contribution in [-0.2, 0) is 7.05 Å². The molecule has 0 unspecified atom stereocenters. The molecule has 0 spiro atoms. The topological polar surface area (TPSA) is 52.0 Å². The van der Waals surface area contributed by atoms with Gasteiger partial charge in [-0.3, -0.25) is 9.59 Å². The third-order valence-corrected chi connectivity index (χ3v) is 2.63. The molecular formula is C13H10F2N2O2. The molecule has 98 valence electrons. The van der Waals surface area contributed by atoms with Gasteiger partial charge in [-0.25, -0.2) is 13.8 Å². The van der Waals surface area contributed by atoms with Crippen molar-refractivity contribution in [2.75, 3.05) is 0 Å². The molecular weight excluding hydrogens is 254 g/mol. The maximum absolute atomic E-state index is 13.0. The number of aromatic nitrogens is 2. The van der Waals surface area contributed by atoms with E-state index in [2.05, 4.69) is 4.98 Å². The number of halogens is 2. The van der Waals surface area contributed by atoms with Crippen molar-refractivity contribution >= 4 is 11.6 Å². The Morgan fingerprint density at radius 3 is 2.53 bits per heavy atom. The van der Waals surface area contributed by atoms with Crippen molar-refractivity contribution in [3.05, 3.63) is 53.6 Å². The van der Waals surface area contributed by atoms with E-state index in [1.54, 1.807) is 13.2 Å². The SMILES string of the molecule is Cn1ccnc1C(=O)CC(=O)c1ccc(F)c(F)c1. The zero-order chi connectivity index (χ0) is 14.0. The van der Waals surface area contributed by atoms with Gasteiger partial charge in [-0.2, -0.15) is 0 Å². The van der Waals surface area contributed by atoms with Crippen LogP contribution in [0, 0.1) is 11.6 Å². The van der Waals surface area contributed by atoms with Crippen LogP contribution in [0.1, 0.15) is 27.4 Å². The zero-order valence-corrected chi connectivity index (χ0v) is 10.1. The molecule has 0 amide bonds. The van der Waals surface area contributed by atoms with E-state index in [9.17, 15) is 18.4 Å². The number of carbonyl (C=O) groups is 2. The first-order valence-corrected chi connectivity index (χ1v) is 5.48. The largest absolute Gasteiger partial charge is 0.332 e. The minimum atomic E-state index is -1.12. The van der Waals surface area contributed by atoms with E-state index in [-0.39, 0.29) is 11.4 Å². The van der Waals surface area contributed by atoms with E-state index in [0.29, 0.717) is 0 Å². The molecule has 0 aliphatic rings. The van der Waals surface area contributed by atoms with E-state index < -0.39 is 29.6 Å². The minimum absolute atomic E-state index is 0.0403. The molecule has 19 heavy (non-hydrogen) atoms. The van der Waals surface area contributed by atoms with Gasteiger partial charge >= 0.3 is 0 Å². The molecule has 1 aromatic heterocycles. The van der Waals surface area contributed by atoms with Crippen molar-refractivity contribution in [1.82, 2.24) is 9.55 Å². The number of Topliss-reactive ketones (excluding diaryl/α,β-unsaturated/α-hetero) is 2. The number of ketones is 2. The fourth-order valence-electron chi connectivity index (χ4n) is 1.63. The van der Waals surface area contributed by atoms with Gasteiger partial charge in [0.05, 0.1) is 6.42 Å². The Hall–Kier alpha value is -2.37. The van der Waals surface area contributed by atoms with Crippen LogP contribution in [0.2, 0.25) is 0 Å². The average molecular weight is 264 g/mol. The number of rotatable bonds is 4. The minimum Gasteiger partial charge on any atom is -0.332 e. The van der Waals surface area contributed by atoms with E-state index in [1.807, 2.05) is 0 Å². The summed E-state index contributed by atoms with van der Waals surface area (Å²) in [5.74, 6) is -3.05. The Morgan fingerprint density at radius 2 is 1.95 bits per heavy atom. The number of carbonyl (C=O) groups excluding carboxylic acids is 2. The van der Waals surface area contributed by atoms with Crippen LogP contribution in [0.4, 0.5) is 8.78 Å². The number of imidazole rings is 1. The molecule has 0 saturated carbocycles. The number of hydrogen-bond donors (Lipinski definition) is 0. The van der Waals surface area contributed by atoms with Crippen molar-refractivity contribution < 1.29 is 18.4 Å². The maximum Gasteiger partial charge on any atom is 0.205 e. The Morgan fingerprint density at radius 1 is 1.21 bits per heavy atom. The first kappa shape index (κ1) is 13.1. The molecule has 0 saturated heterocycles. The lowest BCUT2D eigenvalue weighted by Crippen LogP contribution is -2.13. The van der Waals surface area contributed by atoms with Crippen LogP contribution < -0.4 is 0 Å². The Kier molecular flexibility index (Phi) is 3.50. The summed E-state index contributed by atoms with van der Waals surface area (Å²) < 4.78 is 27.2. The van der Waals surface area contributed by atoms with Crippen molar-refractivity contribution in [2.45, 2.75) is 6.42 Å². The quantitative estimate of drug-likeness (QED) is 0.628. The van der Waals surface area contributed by atoms with E-state index >= 15 is 0 Å². The van der Waals surface area contributed by atoms with Crippen LogP contribution in [0.15, 0.2) is 30.6 Å². The number of nitrogens with zero attached hydrogens (tertiary/aromatic N) is 2. The summed E-state index contributed by atoms with van der Waals surface area (Å²) in [5.41, 5.74) is -0.0403. The fraction of sp³-hybridized carbons (Fsp3) is 0.154. The highest BCUT2D eigenvalue weighted by Crippen LogP contribution is 2.12. The summed E-state index contributed by atoms with van der Waals surface area (Å²) in [5, 5.41) is 0. The third-order valence-electron chi connectivity index (χ3n) is 2.63. The lowest BCUT2D eigenvalue weighted by molar-refractivity contribution is 0.0886. The molecule has 0 atom stereocenters. The second kappa shape index (κ2) is 5.09. The molecule has 2 rings (SSSR count). The fourth-order valence-corrected chi connectivity index (χ4v) is 1.63. The highest BCUT2D eigenvalue weighted by Gasteiger charge is 2.17. The molecule has 1 heterocycles. The molecule has 2 aromatic rings. The lowest BCUT2D eigenvalue weighted by atomic mass is 10.1. The van der Waals surface area contributed by atoms with Gasteiger partial charge in [0.25, 0.3) is 0 Å². The van der Waals surface area contributed by atoms with Crippen LogP contribution in [-0.4, -0.2) is 21.1 Å². The van der Waals surface area contributed by atoms with Gasteiger partial charge in [-0.1, -0.05) is 0 Å². The number of aryl methyl sites for hydroxylation is 1. The maximum atomic E-state index is 13.0. The Labute approximate surface area is 107 Å². The Bertz CT molecular complexity index is 650. The second-order valence-corrected chi connectivity index (χ2v) is 4.01. The molecule has 0 bridgehead atoms. The van der Waals surface area contributed by atoms with Gasteiger partial charge in [0.1, 0.15) is 0 Å². The number of hydrogen-bond acceptors (Lipinski definition) is 3. The zero-order valence-electron chi connectivity index (χ0n) is 10.1. The number of benzene rings is 1. The van der Waals surface area contributed by atoms with Gasteiger partial charge in [0.2, 0.25) is 5.78 Å². The summed E-state index contributed by atoms with van der Waals surface area (Å²) in [6.07, 6.45) is 2.58. The highest BCUT2D eigenvalue weighted by atomic mass is 19.2. The molecule has 0 aliphatic heterocycles. The Balaban J connectivity index is 2.15.